The molecule has 4 fully saturated rings. The lowest BCUT2D eigenvalue weighted by atomic mass is 9.43. The molecule has 7 atom stereocenters. The summed E-state index contributed by atoms with van der Waals surface area (Å²) >= 11 is 0. The van der Waals surface area contributed by atoms with Gasteiger partial charge in [-0.3, -0.25) is 14.4 Å². The van der Waals surface area contributed by atoms with Crippen LogP contribution in [-0.4, -0.2) is 34.3 Å². The molecule has 0 aliphatic heterocycles. The van der Waals surface area contributed by atoms with E-state index in [0.717, 1.165) is 19.3 Å². The minimum atomic E-state index is -1.29. The Morgan fingerprint density at radius 2 is 1.85 bits per heavy atom. The largest absolute Gasteiger partial charge is 0.459 e. The van der Waals surface area contributed by atoms with Gasteiger partial charge < -0.3 is 9.84 Å². The molecule has 0 amide bonds. The highest BCUT2D eigenvalue weighted by atomic mass is 16.6. The van der Waals surface area contributed by atoms with Crippen LogP contribution in [0.2, 0.25) is 0 Å². The second kappa shape index (κ2) is 5.63. The van der Waals surface area contributed by atoms with Gasteiger partial charge in [0.1, 0.15) is 23.3 Å². The van der Waals surface area contributed by atoms with Crippen molar-refractivity contribution in [2.45, 2.75) is 83.8 Å². The van der Waals surface area contributed by atoms with Gasteiger partial charge in [-0.15, -0.1) is 0 Å². The van der Waals surface area contributed by atoms with Gasteiger partial charge in [0.05, 0.1) is 0 Å². The van der Waals surface area contributed by atoms with Crippen molar-refractivity contribution < 1.29 is 24.2 Å². The summed E-state index contributed by atoms with van der Waals surface area (Å²) in [5, 5.41) is 11.7. The number of carbonyl (C=O) groups excluding carboxylic acids is 3. The Morgan fingerprint density at radius 1 is 1.12 bits per heavy atom. The van der Waals surface area contributed by atoms with Crippen molar-refractivity contribution in [3.8, 4) is 0 Å². The average molecular weight is 362 g/mol. The maximum Gasteiger partial charge on any atom is 0.303 e. The molecule has 4 rings (SSSR count). The number of carbonyl (C=O) groups is 3. The number of ether oxygens (including phenoxy) is 1. The Kier molecular flexibility index (Phi) is 3.93. The van der Waals surface area contributed by atoms with Crippen molar-refractivity contribution >= 4 is 17.5 Å². The number of hydrogen-bond acceptors (Lipinski definition) is 5. The van der Waals surface area contributed by atoms with Crippen molar-refractivity contribution in [3.63, 3.8) is 0 Å². The summed E-state index contributed by atoms with van der Waals surface area (Å²) in [5.74, 6) is 0.848. The van der Waals surface area contributed by atoms with Gasteiger partial charge in [0.2, 0.25) is 0 Å². The lowest BCUT2D eigenvalue weighted by molar-refractivity contribution is -0.253. The fourth-order valence-electron chi connectivity index (χ4n) is 7.16. The Labute approximate surface area is 154 Å². The van der Waals surface area contributed by atoms with Gasteiger partial charge in [0.15, 0.2) is 0 Å². The Balaban J connectivity index is 1.76. The van der Waals surface area contributed by atoms with Crippen LogP contribution in [0.4, 0.5) is 0 Å². The summed E-state index contributed by atoms with van der Waals surface area (Å²) in [6.07, 6.45) is 4.42. The van der Waals surface area contributed by atoms with Gasteiger partial charge in [-0.05, 0) is 49.9 Å². The van der Waals surface area contributed by atoms with E-state index >= 15 is 0 Å². The number of hydrogen-bond donors (Lipinski definition) is 1. The summed E-state index contributed by atoms with van der Waals surface area (Å²) in [7, 11) is 0. The standard InChI is InChI=1S/C21H30O5/c1-12(22)26-18-10-14-15-4-5-17(24)19(15,2)8-7-16(14)20(3)9-6-13(23)11-21(18,20)25/h14-16,18,25H,4-11H2,1-3H3/t14?,15?,16?,18?,19?,20?,21-/m0/s1. The van der Waals surface area contributed by atoms with Crippen molar-refractivity contribution in [1.29, 1.82) is 0 Å². The van der Waals surface area contributed by atoms with Crippen LogP contribution in [0.5, 0.6) is 0 Å². The van der Waals surface area contributed by atoms with E-state index < -0.39 is 23.1 Å². The minimum Gasteiger partial charge on any atom is -0.459 e. The Morgan fingerprint density at radius 3 is 2.54 bits per heavy atom. The maximum absolute atomic E-state index is 12.6. The third-order valence-electron chi connectivity index (χ3n) is 8.67. The van der Waals surface area contributed by atoms with Crippen molar-refractivity contribution in [1.82, 2.24) is 0 Å². The van der Waals surface area contributed by atoms with E-state index in [2.05, 4.69) is 13.8 Å². The zero-order chi connectivity index (χ0) is 18.9. The number of rotatable bonds is 1. The first-order valence-electron chi connectivity index (χ1n) is 10.1. The minimum absolute atomic E-state index is 0.0530. The SMILES string of the molecule is CC(=O)OC1CC2C3CCC(=O)C3(C)CCC2C2(C)CCC(=O)C[C@]12O. The Bertz CT molecular complexity index is 671. The summed E-state index contributed by atoms with van der Waals surface area (Å²) < 4.78 is 5.61. The molecule has 0 radical (unpaired) electrons. The quantitative estimate of drug-likeness (QED) is 0.726. The fourth-order valence-corrected chi connectivity index (χ4v) is 7.16. The number of Topliss-reactive ketones (excluding diaryl/α,β-unsaturated/α-hetero) is 2. The molecule has 0 aromatic carbocycles. The van der Waals surface area contributed by atoms with E-state index in [1.165, 1.54) is 6.92 Å². The van der Waals surface area contributed by atoms with Crippen LogP contribution in [0.3, 0.4) is 0 Å². The average Bonchev–Trinajstić information content (AvgIpc) is 2.85. The fraction of sp³-hybridized carbons (Fsp3) is 0.857. The van der Waals surface area contributed by atoms with Gasteiger partial charge >= 0.3 is 5.97 Å². The van der Waals surface area contributed by atoms with E-state index in [4.69, 9.17) is 4.74 Å². The molecule has 0 bridgehead atoms. The highest BCUT2D eigenvalue weighted by molar-refractivity contribution is 5.87. The van der Waals surface area contributed by atoms with Gasteiger partial charge in [-0.2, -0.15) is 0 Å². The van der Waals surface area contributed by atoms with Crippen LogP contribution in [0.25, 0.3) is 0 Å². The summed E-state index contributed by atoms with van der Waals surface area (Å²) in [6.45, 7) is 5.56. The number of esters is 1. The lowest BCUT2D eigenvalue weighted by Gasteiger charge is -2.64. The molecule has 0 spiro atoms. The first-order valence-corrected chi connectivity index (χ1v) is 10.1. The topological polar surface area (TPSA) is 80.7 Å². The molecule has 0 aromatic rings. The lowest BCUT2D eigenvalue weighted by Crippen LogP contribution is -2.68. The predicted octanol–water partition coefficient (Wildman–Crippen LogP) is 2.82. The summed E-state index contributed by atoms with van der Waals surface area (Å²) in [4.78, 5) is 36.5. The highest BCUT2D eigenvalue weighted by Gasteiger charge is 2.68. The van der Waals surface area contributed by atoms with Crippen LogP contribution in [0.15, 0.2) is 0 Å². The molecule has 5 nitrogen and oxygen atoms in total. The van der Waals surface area contributed by atoms with Gasteiger partial charge in [-0.25, -0.2) is 0 Å². The third-order valence-corrected chi connectivity index (χ3v) is 8.67. The molecule has 5 heteroatoms. The molecule has 4 saturated carbocycles. The monoisotopic (exact) mass is 362 g/mol. The zero-order valence-electron chi connectivity index (χ0n) is 16.0. The molecule has 6 unspecified atom stereocenters. The summed E-state index contributed by atoms with van der Waals surface area (Å²) in [6, 6.07) is 0. The van der Waals surface area contributed by atoms with Crippen molar-refractivity contribution in [3.05, 3.63) is 0 Å². The third kappa shape index (κ3) is 2.22. The van der Waals surface area contributed by atoms with Gasteiger partial charge in [0.25, 0.3) is 0 Å². The van der Waals surface area contributed by atoms with Crippen molar-refractivity contribution in [2.75, 3.05) is 0 Å². The molecule has 0 saturated heterocycles. The van der Waals surface area contributed by atoms with E-state index in [1.807, 2.05) is 0 Å². The Hall–Kier alpha value is -1.23. The molecule has 0 aromatic heterocycles. The van der Waals surface area contributed by atoms with Crippen LogP contribution in [0, 0.1) is 28.6 Å². The van der Waals surface area contributed by atoms with Crippen LogP contribution >= 0.6 is 0 Å². The first kappa shape index (κ1) is 18.1. The van der Waals surface area contributed by atoms with E-state index in [1.54, 1.807) is 0 Å². The molecule has 144 valence electrons. The van der Waals surface area contributed by atoms with Crippen LogP contribution < -0.4 is 0 Å². The predicted molar refractivity (Wildman–Crippen MR) is 94.1 cm³/mol. The first-order chi connectivity index (χ1) is 12.1. The maximum atomic E-state index is 12.6. The van der Waals surface area contributed by atoms with Crippen LogP contribution in [0.1, 0.15) is 72.1 Å². The second-order valence-corrected chi connectivity index (χ2v) is 9.69. The van der Waals surface area contributed by atoms with E-state index in [0.29, 0.717) is 37.4 Å². The van der Waals surface area contributed by atoms with E-state index in [-0.39, 0.29) is 29.5 Å². The zero-order valence-corrected chi connectivity index (χ0v) is 16.0. The summed E-state index contributed by atoms with van der Waals surface area (Å²) in [5.41, 5.74) is -2.00. The molecular weight excluding hydrogens is 332 g/mol. The van der Waals surface area contributed by atoms with E-state index in [9.17, 15) is 19.5 Å². The normalized spacial score (nSPS) is 50.6. The number of aliphatic hydroxyl groups is 1. The number of fused-ring (bicyclic) bond motifs is 5. The second-order valence-electron chi connectivity index (χ2n) is 9.69. The molecular formula is C21H30O5. The van der Waals surface area contributed by atoms with Gasteiger partial charge in [-0.1, -0.05) is 13.8 Å². The highest BCUT2D eigenvalue weighted by Crippen LogP contribution is 2.66. The van der Waals surface area contributed by atoms with Crippen LogP contribution in [-0.2, 0) is 19.1 Å². The molecule has 1 N–H and O–H groups in total. The smallest absolute Gasteiger partial charge is 0.303 e. The number of ketones is 2. The molecule has 26 heavy (non-hydrogen) atoms. The van der Waals surface area contributed by atoms with Crippen molar-refractivity contribution in [2.24, 2.45) is 28.6 Å². The molecule has 4 aliphatic carbocycles. The van der Waals surface area contributed by atoms with Gasteiger partial charge in [0, 0.05) is 37.0 Å². The molecule has 4 aliphatic rings. The molecule has 0 heterocycles.